The quantitative estimate of drug-likeness (QED) is 0.339. The normalized spacial score (nSPS) is 12.9. The number of aliphatic hydroxyl groups excluding tert-OH is 1. The minimum Gasteiger partial charge on any atom is -0.396 e. The Hall–Kier alpha value is -4.12. The van der Waals surface area contributed by atoms with Crippen LogP contribution in [-0.2, 0) is 13.2 Å². The van der Waals surface area contributed by atoms with E-state index in [4.69, 9.17) is 0 Å². The molecule has 0 fully saturated rings. The van der Waals surface area contributed by atoms with Gasteiger partial charge in [-0.2, -0.15) is 18.3 Å². The Bertz CT molecular complexity index is 1500. The number of carbonyl (C=O) groups is 1. The van der Waals surface area contributed by atoms with Crippen molar-refractivity contribution in [3.63, 3.8) is 0 Å². The summed E-state index contributed by atoms with van der Waals surface area (Å²) >= 11 is 0. The Balaban J connectivity index is 1.56. The molecular weight excluding hydrogens is 461 g/mol. The predicted octanol–water partition coefficient (Wildman–Crippen LogP) is 4.11. The fraction of sp³-hybridized carbons (Fsp3) is 0.208. The van der Waals surface area contributed by atoms with Gasteiger partial charge in [-0.05, 0) is 48.9 Å². The SMILES string of the molecule is Cn1cc2c3cc(C(=O)NC(CCO)c4cnc[nH]4)ccc3n(-c3ccc(C(F)(F)F)cc3)c2n1. The lowest BCUT2D eigenvalue weighted by Gasteiger charge is -2.16. The molecule has 3 aromatic heterocycles. The highest BCUT2D eigenvalue weighted by molar-refractivity contribution is 6.10. The first-order valence-corrected chi connectivity index (χ1v) is 10.8. The van der Waals surface area contributed by atoms with Gasteiger partial charge in [0.25, 0.3) is 5.91 Å². The lowest BCUT2D eigenvalue weighted by molar-refractivity contribution is -0.137. The number of nitrogens with one attached hydrogen (secondary N) is 2. The number of rotatable bonds is 6. The van der Waals surface area contributed by atoms with Gasteiger partial charge in [-0.3, -0.25) is 14.0 Å². The Morgan fingerprint density at radius 3 is 2.60 bits per heavy atom. The zero-order chi connectivity index (χ0) is 24.7. The molecule has 0 saturated heterocycles. The van der Waals surface area contributed by atoms with Crippen LogP contribution in [-0.4, -0.2) is 41.9 Å². The van der Waals surface area contributed by atoms with Gasteiger partial charge in [-0.25, -0.2) is 4.98 Å². The van der Waals surface area contributed by atoms with Gasteiger partial charge in [-0.15, -0.1) is 0 Å². The number of aromatic amines is 1. The smallest absolute Gasteiger partial charge is 0.396 e. The van der Waals surface area contributed by atoms with Crippen molar-refractivity contribution in [1.29, 1.82) is 0 Å². The number of aliphatic hydroxyl groups is 1. The van der Waals surface area contributed by atoms with Crippen LogP contribution in [0.25, 0.3) is 27.6 Å². The average Bonchev–Trinajstić information content (AvgIpc) is 3.54. The molecule has 180 valence electrons. The Labute approximate surface area is 197 Å². The van der Waals surface area contributed by atoms with E-state index >= 15 is 0 Å². The molecule has 0 bridgehead atoms. The predicted molar refractivity (Wildman–Crippen MR) is 123 cm³/mol. The Kier molecular flexibility index (Phi) is 5.56. The molecule has 1 atom stereocenters. The summed E-state index contributed by atoms with van der Waals surface area (Å²) in [5.41, 5.74) is 2.14. The van der Waals surface area contributed by atoms with Crippen molar-refractivity contribution >= 4 is 27.8 Å². The van der Waals surface area contributed by atoms with Crippen molar-refractivity contribution in [2.45, 2.75) is 18.6 Å². The second-order valence-electron chi connectivity index (χ2n) is 8.20. The number of imidazole rings is 1. The van der Waals surface area contributed by atoms with Crippen molar-refractivity contribution in [1.82, 2.24) is 29.6 Å². The molecule has 1 amide bonds. The summed E-state index contributed by atoms with van der Waals surface area (Å²) in [6.07, 6.45) is 0.782. The van der Waals surface area contributed by atoms with Crippen molar-refractivity contribution in [2.75, 3.05) is 6.61 Å². The first kappa shape index (κ1) is 22.7. The Morgan fingerprint density at radius 2 is 1.94 bits per heavy atom. The van der Waals surface area contributed by atoms with E-state index in [0.717, 1.165) is 22.9 Å². The molecule has 0 spiro atoms. The zero-order valence-electron chi connectivity index (χ0n) is 18.5. The van der Waals surface area contributed by atoms with E-state index in [-0.39, 0.29) is 12.5 Å². The lowest BCUT2D eigenvalue weighted by Crippen LogP contribution is -2.29. The molecule has 0 aliphatic rings. The van der Waals surface area contributed by atoms with Gasteiger partial charge in [-0.1, -0.05) is 0 Å². The van der Waals surface area contributed by atoms with Crippen molar-refractivity contribution in [2.24, 2.45) is 7.05 Å². The third kappa shape index (κ3) is 4.14. The maximum Gasteiger partial charge on any atom is 0.416 e. The van der Waals surface area contributed by atoms with Crippen LogP contribution >= 0.6 is 0 Å². The van der Waals surface area contributed by atoms with Crippen LogP contribution in [0.1, 0.15) is 34.1 Å². The highest BCUT2D eigenvalue weighted by Crippen LogP contribution is 2.34. The van der Waals surface area contributed by atoms with Gasteiger partial charge in [0.05, 0.1) is 35.3 Å². The molecule has 3 N–H and O–H groups in total. The second kappa shape index (κ2) is 8.58. The number of alkyl halides is 3. The molecule has 0 saturated carbocycles. The second-order valence-corrected chi connectivity index (χ2v) is 8.20. The lowest BCUT2D eigenvalue weighted by atomic mass is 10.1. The number of benzene rings is 2. The molecule has 8 nitrogen and oxygen atoms in total. The van der Waals surface area contributed by atoms with E-state index < -0.39 is 17.8 Å². The molecule has 35 heavy (non-hydrogen) atoms. The van der Waals surface area contributed by atoms with E-state index in [1.165, 1.54) is 18.5 Å². The summed E-state index contributed by atoms with van der Waals surface area (Å²) in [4.78, 5) is 20.0. The third-order valence-electron chi connectivity index (χ3n) is 5.88. The minimum absolute atomic E-state index is 0.116. The van der Waals surface area contributed by atoms with Gasteiger partial charge in [0, 0.05) is 41.9 Å². The van der Waals surface area contributed by atoms with E-state index in [1.807, 2.05) is 0 Å². The molecule has 11 heteroatoms. The minimum atomic E-state index is -4.43. The first-order chi connectivity index (χ1) is 16.8. The summed E-state index contributed by atoms with van der Waals surface area (Å²) < 4.78 is 42.5. The fourth-order valence-electron chi connectivity index (χ4n) is 4.23. The van der Waals surface area contributed by atoms with E-state index in [2.05, 4.69) is 20.4 Å². The number of H-pyrrole nitrogens is 1. The largest absolute Gasteiger partial charge is 0.416 e. The summed E-state index contributed by atoms with van der Waals surface area (Å²) in [5.74, 6) is -0.334. The number of carbonyl (C=O) groups excluding carboxylic acids is 1. The Morgan fingerprint density at radius 1 is 1.17 bits per heavy atom. The van der Waals surface area contributed by atoms with E-state index in [0.29, 0.717) is 34.5 Å². The molecule has 0 radical (unpaired) electrons. The van der Waals surface area contributed by atoms with Crippen LogP contribution in [0, 0.1) is 0 Å². The molecule has 1 unspecified atom stereocenters. The molecule has 2 aromatic carbocycles. The molecule has 3 heterocycles. The van der Waals surface area contributed by atoms with Crippen molar-refractivity contribution < 1.29 is 23.1 Å². The standard InChI is InChI=1S/C24H21F3N6O2/c1-32-12-18-17-10-14(23(35)30-19(8-9-34)20-11-28-13-29-20)2-7-21(17)33(22(18)31-32)16-5-3-15(4-6-16)24(25,26)27/h2-7,10-13,19,34H,8-9H2,1H3,(H,28,29)(H,30,35). The molecule has 0 aliphatic heterocycles. The molecular formula is C24H21F3N6O2. The van der Waals surface area contributed by atoms with Gasteiger partial charge < -0.3 is 15.4 Å². The van der Waals surface area contributed by atoms with Crippen LogP contribution in [0.3, 0.4) is 0 Å². The van der Waals surface area contributed by atoms with Gasteiger partial charge in [0.1, 0.15) is 0 Å². The van der Waals surface area contributed by atoms with Crippen LogP contribution in [0.2, 0.25) is 0 Å². The maximum absolute atomic E-state index is 13.1. The number of aryl methyl sites for hydroxylation is 1. The molecule has 5 rings (SSSR count). The third-order valence-corrected chi connectivity index (χ3v) is 5.88. The van der Waals surface area contributed by atoms with E-state index in [9.17, 15) is 23.1 Å². The number of fused-ring (bicyclic) bond motifs is 3. The first-order valence-electron chi connectivity index (χ1n) is 10.8. The zero-order valence-corrected chi connectivity index (χ0v) is 18.5. The van der Waals surface area contributed by atoms with E-state index in [1.54, 1.807) is 46.9 Å². The molecule has 0 aliphatic carbocycles. The topological polar surface area (TPSA) is 101 Å². The number of halogens is 3. The van der Waals surface area contributed by atoms with Crippen LogP contribution in [0.4, 0.5) is 13.2 Å². The number of aromatic nitrogens is 5. The highest BCUT2D eigenvalue weighted by atomic mass is 19.4. The monoisotopic (exact) mass is 482 g/mol. The summed E-state index contributed by atoms with van der Waals surface area (Å²) in [6, 6.07) is 9.57. The number of nitrogens with zero attached hydrogens (tertiary/aromatic N) is 4. The van der Waals surface area contributed by atoms with Gasteiger partial charge >= 0.3 is 6.18 Å². The number of hydrogen-bond acceptors (Lipinski definition) is 4. The highest BCUT2D eigenvalue weighted by Gasteiger charge is 2.30. The van der Waals surface area contributed by atoms with Gasteiger partial charge in [0.15, 0.2) is 5.65 Å². The van der Waals surface area contributed by atoms with Gasteiger partial charge in [0.2, 0.25) is 0 Å². The van der Waals surface area contributed by atoms with Crippen LogP contribution in [0.5, 0.6) is 0 Å². The number of hydrogen-bond donors (Lipinski definition) is 3. The number of amides is 1. The van der Waals surface area contributed by atoms with Crippen LogP contribution < -0.4 is 5.32 Å². The van der Waals surface area contributed by atoms with Crippen LogP contribution in [0.15, 0.2) is 61.2 Å². The summed E-state index contributed by atoms with van der Waals surface area (Å²) in [6.45, 7) is -0.116. The van der Waals surface area contributed by atoms with Crippen molar-refractivity contribution in [3.8, 4) is 5.69 Å². The average molecular weight is 482 g/mol. The summed E-state index contributed by atoms with van der Waals surface area (Å²) in [5, 5.41) is 18.3. The van der Waals surface area contributed by atoms with Crippen molar-refractivity contribution in [3.05, 3.63) is 78.0 Å². The molecule has 5 aromatic rings. The fourth-order valence-corrected chi connectivity index (χ4v) is 4.23. The summed E-state index contributed by atoms with van der Waals surface area (Å²) in [7, 11) is 1.75. The maximum atomic E-state index is 13.1.